The van der Waals surface area contributed by atoms with Crippen molar-refractivity contribution >= 4 is 21.6 Å². The van der Waals surface area contributed by atoms with Crippen LogP contribution in [-0.4, -0.2) is 60.8 Å². The molecule has 4 rings (SSSR count). The van der Waals surface area contributed by atoms with E-state index < -0.39 is 10.0 Å². The maximum Gasteiger partial charge on any atom is 0.262 e. The van der Waals surface area contributed by atoms with Gasteiger partial charge in [0.1, 0.15) is 13.2 Å². The van der Waals surface area contributed by atoms with Gasteiger partial charge in [-0.25, -0.2) is 8.42 Å². The molecule has 0 saturated heterocycles. The largest absolute Gasteiger partial charge is 0.493 e. The maximum absolute atomic E-state index is 13.0. The highest BCUT2D eigenvalue weighted by Gasteiger charge is 2.21. The van der Waals surface area contributed by atoms with Crippen LogP contribution in [0.1, 0.15) is 15.9 Å². The van der Waals surface area contributed by atoms with Crippen LogP contribution < -0.4 is 28.4 Å². The number of rotatable bonds is 9. The minimum absolute atomic E-state index is 0.0421. The Balaban J connectivity index is 1.46. The molecule has 3 aromatic carbocycles. The Morgan fingerprint density at radius 2 is 1.57 bits per heavy atom. The molecule has 1 heterocycles. The van der Waals surface area contributed by atoms with Gasteiger partial charge in [-0.1, -0.05) is 0 Å². The van der Waals surface area contributed by atoms with E-state index in [-0.39, 0.29) is 17.3 Å². The summed E-state index contributed by atoms with van der Waals surface area (Å²) in [6.07, 6.45) is 0. The number of carbonyl (C=O) groups excluding carboxylic acids is 1. The Morgan fingerprint density at radius 1 is 0.892 bits per heavy atom. The van der Waals surface area contributed by atoms with Crippen LogP contribution in [0.15, 0.2) is 59.5 Å². The van der Waals surface area contributed by atoms with Crippen molar-refractivity contribution in [3.8, 4) is 28.7 Å². The summed E-state index contributed by atoms with van der Waals surface area (Å²) in [4.78, 5) is 14.6. The normalized spacial score (nSPS) is 12.4. The fraction of sp³-hybridized carbons (Fsp3) is 0.269. The minimum atomic E-state index is -3.87. The number of anilines is 1. The molecule has 0 aliphatic carbocycles. The summed E-state index contributed by atoms with van der Waals surface area (Å²) < 4.78 is 55.4. The van der Waals surface area contributed by atoms with Crippen molar-refractivity contribution in [1.82, 2.24) is 4.90 Å². The molecule has 0 atom stereocenters. The summed E-state index contributed by atoms with van der Waals surface area (Å²) in [6.45, 7) is 1.02. The number of nitrogens with one attached hydrogen (secondary N) is 1. The molecule has 10 nitrogen and oxygen atoms in total. The monoisotopic (exact) mass is 528 g/mol. The molecule has 1 aliphatic heterocycles. The lowest BCUT2D eigenvalue weighted by Crippen LogP contribution is -2.26. The lowest BCUT2D eigenvalue weighted by atomic mass is 10.1. The predicted octanol–water partition coefficient (Wildman–Crippen LogP) is 3.56. The Kier molecular flexibility index (Phi) is 7.63. The van der Waals surface area contributed by atoms with Gasteiger partial charge in [0.15, 0.2) is 23.0 Å². The standard InChI is InChI=1S/C26H28N2O8S/c1-28(16-18-7-11-22(32-2)25(34-4)24(18)33-3)26(29)17-5-8-19(9-6-17)27-37(30,31)20-10-12-21-23(15-20)36-14-13-35-21/h5-12,15,27H,13-14,16H2,1-4H3. The minimum Gasteiger partial charge on any atom is -0.493 e. The van der Waals surface area contributed by atoms with E-state index in [1.807, 2.05) is 0 Å². The number of carbonyl (C=O) groups is 1. The van der Waals surface area contributed by atoms with Crippen LogP contribution in [-0.2, 0) is 16.6 Å². The number of hydrogen-bond acceptors (Lipinski definition) is 8. The van der Waals surface area contributed by atoms with Gasteiger partial charge in [0.25, 0.3) is 15.9 Å². The van der Waals surface area contributed by atoms with Crippen molar-refractivity contribution in [2.45, 2.75) is 11.4 Å². The van der Waals surface area contributed by atoms with Gasteiger partial charge in [-0.2, -0.15) is 0 Å². The van der Waals surface area contributed by atoms with Crippen molar-refractivity contribution in [3.05, 3.63) is 65.7 Å². The molecule has 0 aromatic heterocycles. The van der Waals surface area contributed by atoms with E-state index in [9.17, 15) is 13.2 Å². The van der Waals surface area contributed by atoms with Crippen LogP contribution in [0.25, 0.3) is 0 Å². The summed E-state index contributed by atoms with van der Waals surface area (Å²) in [6, 6.07) is 14.2. The Morgan fingerprint density at radius 3 is 2.22 bits per heavy atom. The third kappa shape index (κ3) is 5.51. The SMILES string of the molecule is COc1ccc(CN(C)C(=O)c2ccc(NS(=O)(=O)c3ccc4c(c3)OCCO4)cc2)c(OC)c1OC. The molecule has 0 saturated carbocycles. The summed E-state index contributed by atoms with van der Waals surface area (Å²) in [5.41, 5.74) is 1.44. The molecule has 1 N–H and O–H groups in total. The smallest absolute Gasteiger partial charge is 0.262 e. The molecule has 0 radical (unpaired) electrons. The van der Waals surface area contributed by atoms with E-state index in [0.717, 1.165) is 5.56 Å². The lowest BCUT2D eigenvalue weighted by molar-refractivity contribution is 0.0784. The number of methoxy groups -OCH3 is 3. The van der Waals surface area contributed by atoms with E-state index in [1.165, 1.54) is 50.5 Å². The fourth-order valence-corrected chi connectivity index (χ4v) is 4.99. The van der Waals surface area contributed by atoms with Crippen molar-refractivity contribution in [2.24, 2.45) is 0 Å². The van der Waals surface area contributed by atoms with Gasteiger partial charge in [-0.15, -0.1) is 0 Å². The highest BCUT2D eigenvalue weighted by Crippen LogP contribution is 2.40. The number of ether oxygens (including phenoxy) is 5. The Hall–Kier alpha value is -4.12. The van der Waals surface area contributed by atoms with Gasteiger partial charge in [0, 0.05) is 36.5 Å². The molecule has 0 spiro atoms. The lowest BCUT2D eigenvalue weighted by Gasteiger charge is -2.21. The average Bonchev–Trinajstić information content (AvgIpc) is 2.92. The molecule has 196 valence electrons. The molecule has 3 aromatic rings. The fourth-order valence-electron chi connectivity index (χ4n) is 3.92. The number of benzene rings is 3. The second-order valence-corrected chi connectivity index (χ2v) is 9.83. The van der Waals surface area contributed by atoms with Crippen LogP contribution >= 0.6 is 0 Å². The number of fused-ring (bicyclic) bond motifs is 1. The van der Waals surface area contributed by atoms with Gasteiger partial charge in [-0.05, 0) is 48.5 Å². The van der Waals surface area contributed by atoms with Crippen LogP contribution in [0.4, 0.5) is 5.69 Å². The molecular formula is C26H28N2O8S. The predicted molar refractivity (Wildman–Crippen MR) is 137 cm³/mol. The zero-order chi connectivity index (χ0) is 26.6. The quantitative estimate of drug-likeness (QED) is 0.449. The molecular weight excluding hydrogens is 500 g/mol. The Labute approximate surface area is 215 Å². The van der Waals surface area contributed by atoms with Gasteiger partial charge < -0.3 is 28.6 Å². The van der Waals surface area contributed by atoms with Crippen LogP contribution in [0.5, 0.6) is 28.7 Å². The highest BCUT2D eigenvalue weighted by atomic mass is 32.2. The summed E-state index contributed by atoms with van der Waals surface area (Å²) in [7, 11) is 2.36. The van der Waals surface area contributed by atoms with Crippen molar-refractivity contribution in [2.75, 3.05) is 46.3 Å². The zero-order valence-electron chi connectivity index (χ0n) is 20.9. The zero-order valence-corrected chi connectivity index (χ0v) is 21.8. The Bertz CT molecular complexity index is 1390. The summed E-state index contributed by atoms with van der Waals surface area (Å²) in [5.74, 6) is 2.07. The van der Waals surface area contributed by atoms with Crippen LogP contribution in [0.2, 0.25) is 0 Å². The number of hydrogen-bond donors (Lipinski definition) is 1. The molecule has 1 amide bonds. The highest BCUT2D eigenvalue weighted by molar-refractivity contribution is 7.92. The van der Waals surface area contributed by atoms with E-state index >= 15 is 0 Å². The molecule has 0 fully saturated rings. The molecule has 11 heteroatoms. The average molecular weight is 529 g/mol. The van der Waals surface area contributed by atoms with Gasteiger partial charge >= 0.3 is 0 Å². The maximum atomic E-state index is 13.0. The topological polar surface area (TPSA) is 113 Å². The van der Waals surface area contributed by atoms with Gasteiger partial charge in [0.05, 0.1) is 26.2 Å². The van der Waals surface area contributed by atoms with Gasteiger partial charge in [-0.3, -0.25) is 9.52 Å². The second-order valence-electron chi connectivity index (χ2n) is 8.14. The third-order valence-electron chi connectivity index (χ3n) is 5.75. The summed E-state index contributed by atoms with van der Waals surface area (Å²) >= 11 is 0. The van der Waals surface area contributed by atoms with E-state index in [1.54, 1.807) is 37.4 Å². The number of nitrogens with zero attached hydrogens (tertiary/aromatic N) is 1. The molecule has 0 bridgehead atoms. The third-order valence-corrected chi connectivity index (χ3v) is 7.13. The first-order valence-electron chi connectivity index (χ1n) is 11.3. The first-order chi connectivity index (χ1) is 17.8. The van der Waals surface area contributed by atoms with E-state index in [4.69, 9.17) is 23.7 Å². The van der Waals surface area contributed by atoms with Crippen molar-refractivity contribution < 1.29 is 36.9 Å². The van der Waals surface area contributed by atoms with Crippen molar-refractivity contribution in [3.63, 3.8) is 0 Å². The van der Waals surface area contributed by atoms with Crippen molar-refractivity contribution in [1.29, 1.82) is 0 Å². The molecule has 0 unspecified atom stereocenters. The molecule has 1 aliphatic rings. The summed E-state index contributed by atoms with van der Waals surface area (Å²) in [5, 5.41) is 0. The van der Waals surface area contributed by atoms with Crippen LogP contribution in [0.3, 0.4) is 0 Å². The van der Waals surface area contributed by atoms with Gasteiger partial charge in [0.2, 0.25) is 5.75 Å². The van der Waals surface area contributed by atoms with Crippen LogP contribution in [0, 0.1) is 0 Å². The number of amides is 1. The first-order valence-corrected chi connectivity index (χ1v) is 12.8. The second kappa shape index (κ2) is 10.9. The first kappa shape index (κ1) is 26.0. The van der Waals surface area contributed by atoms with E-state index in [0.29, 0.717) is 53.2 Å². The van der Waals surface area contributed by atoms with E-state index in [2.05, 4.69) is 4.72 Å². The number of sulfonamides is 1. The molecule has 37 heavy (non-hydrogen) atoms.